The Balaban J connectivity index is 2.77. The van der Waals surface area contributed by atoms with E-state index < -0.39 is 0 Å². The Morgan fingerprint density at radius 3 is 2.36 bits per heavy atom. The van der Waals surface area contributed by atoms with Gasteiger partial charge in [0.25, 0.3) is 0 Å². The van der Waals surface area contributed by atoms with Crippen molar-refractivity contribution in [3.8, 4) is 6.07 Å². The first-order valence-electron chi connectivity index (χ1n) is 4.33. The van der Waals surface area contributed by atoms with Crippen LogP contribution in [0.25, 0.3) is 10.8 Å². The van der Waals surface area contributed by atoms with Crippen molar-refractivity contribution in [2.24, 2.45) is 0 Å². The maximum atomic E-state index is 8.94. The molecule has 2 heteroatoms. The van der Waals surface area contributed by atoms with Crippen LogP contribution in [0.5, 0.6) is 0 Å². The van der Waals surface area contributed by atoms with E-state index in [-0.39, 0.29) is 0 Å². The van der Waals surface area contributed by atoms with Crippen LogP contribution in [0.1, 0.15) is 11.1 Å². The first-order chi connectivity index (χ1) is 6.85. The Morgan fingerprint density at radius 1 is 1.14 bits per heavy atom. The highest BCUT2D eigenvalue weighted by atomic mass is 79.9. The zero-order valence-corrected chi connectivity index (χ0v) is 9.08. The Hall–Kier alpha value is -1.33. The minimum absolute atomic E-state index is 0.723. The van der Waals surface area contributed by atoms with Crippen LogP contribution < -0.4 is 0 Å². The lowest BCUT2D eigenvalue weighted by Gasteiger charge is -2.02. The number of halogens is 1. The summed E-state index contributed by atoms with van der Waals surface area (Å²) in [5.41, 5.74) is 1.80. The van der Waals surface area contributed by atoms with Crippen LogP contribution in [-0.4, -0.2) is 0 Å². The lowest BCUT2D eigenvalue weighted by molar-refractivity contribution is 1.39. The van der Waals surface area contributed by atoms with E-state index in [1.165, 1.54) is 5.39 Å². The highest BCUT2D eigenvalue weighted by molar-refractivity contribution is 9.08. The maximum absolute atomic E-state index is 8.94. The molecule has 0 aliphatic carbocycles. The van der Waals surface area contributed by atoms with Gasteiger partial charge >= 0.3 is 0 Å². The Bertz CT molecular complexity index is 511. The second-order valence-electron chi connectivity index (χ2n) is 3.10. The Morgan fingerprint density at radius 2 is 1.79 bits per heavy atom. The molecule has 0 N–H and O–H groups in total. The van der Waals surface area contributed by atoms with Crippen molar-refractivity contribution < 1.29 is 0 Å². The fourth-order valence-electron chi connectivity index (χ4n) is 1.50. The number of hydrogen-bond acceptors (Lipinski definition) is 1. The SMILES string of the molecule is N#Cc1cc2ccccc2cc1CBr. The molecule has 2 aromatic carbocycles. The maximum Gasteiger partial charge on any atom is 0.0995 e. The van der Waals surface area contributed by atoms with Gasteiger partial charge in [-0.2, -0.15) is 5.26 Å². The van der Waals surface area contributed by atoms with Crippen LogP contribution in [0.2, 0.25) is 0 Å². The number of rotatable bonds is 1. The zero-order chi connectivity index (χ0) is 9.97. The molecule has 0 atom stereocenters. The van der Waals surface area contributed by atoms with E-state index in [9.17, 15) is 0 Å². The molecule has 68 valence electrons. The van der Waals surface area contributed by atoms with Crippen molar-refractivity contribution >= 4 is 26.7 Å². The molecule has 14 heavy (non-hydrogen) atoms. The van der Waals surface area contributed by atoms with Crippen LogP contribution in [0, 0.1) is 11.3 Å². The summed E-state index contributed by atoms with van der Waals surface area (Å²) in [5.74, 6) is 0. The molecule has 0 amide bonds. The van der Waals surface area contributed by atoms with E-state index in [1.807, 2.05) is 24.3 Å². The average Bonchev–Trinajstić information content (AvgIpc) is 2.27. The summed E-state index contributed by atoms with van der Waals surface area (Å²) in [6.07, 6.45) is 0. The van der Waals surface area contributed by atoms with E-state index in [4.69, 9.17) is 5.26 Å². The molecule has 0 fully saturated rings. The molecule has 0 unspecified atom stereocenters. The molecule has 0 radical (unpaired) electrons. The number of alkyl halides is 1. The Kier molecular flexibility index (Phi) is 2.51. The standard InChI is InChI=1S/C12H8BrN/c13-7-11-5-9-3-1-2-4-10(9)6-12(11)8-14/h1-6H,7H2. The number of hydrogen-bond donors (Lipinski definition) is 0. The number of nitrogens with zero attached hydrogens (tertiary/aromatic N) is 1. The predicted octanol–water partition coefficient (Wildman–Crippen LogP) is 3.61. The molecular formula is C12H8BrN. The molecule has 0 aliphatic rings. The first-order valence-corrected chi connectivity index (χ1v) is 5.45. The molecule has 2 rings (SSSR count). The molecular weight excluding hydrogens is 238 g/mol. The average molecular weight is 246 g/mol. The topological polar surface area (TPSA) is 23.8 Å². The highest BCUT2D eigenvalue weighted by Gasteiger charge is 2.02. The zero-order valence-electron chi connectivity index (χ0n) is 7.50. The summed E-state index contributed by atoms with van der Waals surface area (Å²) in [6.45, 7) is 0. The van der Waals surface area contributed by atoms with Gasteiger partial charge in [0, 0.05) is 5.33 Å². The van der Waals surface area contributed by atoms with Crippen molar-refractivity contribution in [1.29, 1.82) is 5.26 Å². The molecule has 0 heterocycles. The van der Waals surface area contributed by atoms with E-state index in [2.05, 4.69) is 34.1 Å². The fourth-order valence-corrected chi connectivity index (χ4v) is 1.97. The molecule has 1 nitrogen and oxygen atoms in total. The van der Waals surface area contributed by atoms with E-state index in [0.717, 1.165) is 21.8 Å². The van der Waals surface area contributed by atoms with Crippen LogP contribution in [-0.2, 0) is 5.33 Å². The minimum Gasteiger partial charge on any atom is -0.192 e. The third-order valence-corrected chi connectivity index (χ3v) is 2.84. The van der Waals surface area contributed by atoms with Gasteiger partial charge in [0.2, 0.25) is 0 Å². The summed E-state index contributed by atoms with van der Waals surface area (Å²) in [6, 6.07) is 14.3. The highest BCUT2D eigenvalue weighted by Crippen LogP contribution is 2.21. The molecule has 0 saturated carbocycles. The lowest BCUT2D eigenvalue weighted by atomic mass is 10.0. The quantitative estimate of drug-likeness (QED) is 0.705. The van der Waals surface area contributed by atoms with Crippen molar-refractivity contribution in [2.45, 2.75) is 5.33 Å². The van der Waals surface area contributed by atoms with Gasteiger partial charge in [0.15, 0.2) is 0 Å². The van der Waals surface area contributed by atoms with Gasteiger partial charge in [-0.3, -0.25) is 0 Å². The number of fused-ring (bicyclic) bond motifs is 1. The third-order valence-electron chi connectivity index (χ3n) is 2.24. The molecule has 0 spiro atoms. The lowest BCUT2D eigenvalue weighted by Crippen LogP contribution is -1.86. The predicted molar refractivity (Wildman–Crippen MR) is 61.3 cm³/mol. The molecule has 0 aliphatic heterocycles. The van der Waals surface area contributed by atoms with Crippen LogP contribution >= 0.6 is 15.9 Å². The second-order valence-corrected chi connectivity index (χ2v) is 3.66. The first kappa shape index (κ1) is 9.23. The van der Waals surface area contributed by atoms with Gasteiger partial charge in [-0.25, -0.2) is 0 Å². The Labute approximate surface area is 91.1 Å². The van der Waals surface area contributed by atoms with Crippen molar-refractivity contribution in [3.05, 3.63) is 47.5 Å². The summed E-state index contributed by atoms with van der Waals surface area (Å²) in [4.78, 5) is 0. The van der Waals surface area contributed by atoms with Gasteiger partial charge in [0.1, 0.15) is 0 Å². The van der Waals surface area contributed by atoms with Gasteiger partial charge in [-0.15, -0.1) is 0 Å². The third kappa shape index (κ3) is 1.51. The minimum atomic E-state index is 0.723. The molecule has 2 aromatic rings. The fraction of sp³-hybridized carbons (Fsp3) is 0.0833. The van der Waals surface area contributed by atoms with Crippen LogP contribution in [0.3, 0.4) is 0 Å². The number of benzene rings is 2. The summed E-state index contributed by atoms with van der Waals surface area (Å²) < 4.78 is 0. The van der Waals surface area contributed by atoms with Crippen LogP contribution in [0.4, 0.5) is 0 Å². The number of nitriles is 1. The monoisotopic (exact) mass is 245 g/mol. The molecule has 0 aromatic heterocycles. The van der Waals surface area contributed by atoms with Crippen molar-refractivity contribution in [3.63, 3.8) is 0 Å². The van der Waals surface area contributed by atoms with Gasteiger partial charge in [-0.1, -0.05) is 40.2 Å². The largest absolute Gasteiger partial charge is 0.192 e. The van der Waals surface area contributed by atoms with Crippen LogP contribution in [0.15, 0.2) is 36.4 Å². The van der Waals surface area contributed by atoms with Crippen molar-refractivity contribution in [1.82, 2.24) is 0 Å². The summed E-state index contributed by atoms with van der Waals surface area (Å²) in [5, 5.41) is 12.0. The van der Waals surface area contributed by atoms with E-state index >= 15 is 0 Å². The van der Waals surface area contributed by atoms with Gasteiger partial charge < -0.3 is 0 Å². The summed E-state index contributed by atoms with van der Waals surface area (Å²) in [7, 11) is 0. The molecule has 0 bridgehead atoms. The normalized spacial score (nSPS) is 10.0. The van der Waals surface area contributed by atoms with Gasteiger partial charge in [-0.05, 0) is 28.5 Å². The van der Waals surface area contributed by atoms with E-state index in [0.29, 0.717) is 0 Å². The van der Waals surface area contributed by atoms with Gasteiger partial charge in [0.05, 0.1) is 11.6 Å². The smallest absolute Gasteiger partial charge is 0.0995 e. The molecule has 0 saturated heterocycles. The second kappa shape index (κ2) is 3.81. The summed E-state index contributed by atoms with van der Waals surface area (Å²) >= 11 is 3.38. The van der Waals surface area contributed by atoms with E-state index in [1.54, 1.807) is 0 Å². The van der Waals surface area contributed by atoms with Crippen molar-refractivity contribution in [2.75, 3.05) is 0 Å².